The van der Waals surface area contributed by atoms with E-state index in [1.54, 1.807) is 11.0 Å². The Morgan fingerprint density at radius 1 is 0.950 bits per heavy atom. The molecule has 1 fully saturated rings. The largest absolute Gasteiger partial charge is 0.459 e. The predicted octanol–water partition coefficient (Wildman–Crippen LogP) is 10.2. The van der Waals surface area contributed by atoms with E-state index in [9.17, 15) is 15.0 Å². The fraction of sp³-hybridized carbons (Fsp3) is 0.440. The van der Waals surface area contributed by atoms with Crippen LogP contribution in [0, 0.1) is 31.6 Å². The van der Waals surface area contributed by atoms with Crippen molar-refractivity contribution >= 4 is 22.6 Å². The lowest BCUT2D eigenvalue weighted by molar-refractivity contribution is -0.256. The molecule has 2 N–H and O–H groups in total. The Labute approximate surface area is 354 Å². The molecule has 318 valence electrons. The van der Waals surface area contributed by atoms with Crippen molar-refractivity contribution in [3.8, 4) is 17.2 Å². The second-order valence-corrected chi connectivity index (χ2v) is 16.3. The summed E-state index contributed by atoms with van der Waals surface area (Å²) in [4.78, 5) is 22.0. The Morgan fingerprint density at radius 2 is 1.70 bits per heavy atom. The highest BCUT2D eigenvalue weighted by Gasteiger charge is 2.65. The molecule has 4 aromatic carbocycles. The van der Waals surface area contributed by atoms with Crippen LogP contribution in [0.25, 0.3) is 10.8 Å². The molecule has 1 aliphatic heterocycles. The lowest BCUT2D eigenvalue weighted by Crippen LogP contribution is -2.70. The number of unbranched alkanes of at least 4 members (excludes halogenated alkanes) is 2. The highest BCUT2D eigenvalue weighted by atomic mass is 16.7. The molecule has 1 amide bonds. The Hall–Kier alpha value is -5.16. The number of carbonyl (C=O) groups excluding carboxylic acids is 1. The number of methoxy groups -OCH3 is 1. The van der Waals surface area contributed by atoms with E-state index >= 15 is 0 Å². The van der Waals surface area contributed by atoms with Gasteiger partial charge in [-0.25, -0.2) is 4.79 Å². The summed E-state index contributed by atoms with van der Waals surface area (Å²) in [6.07, 6.45) is 8.54. The van der Waals surface area contributed by atoms with Crippen molar-refractivity contribution in [2.45, 2.75) is 90.0 Å². The second-order valence-electron chi connectivity index (χ2n) is 16.3. The van der Waals surface area contributed by atoms with Gasteiger partial charge in [0.05, 0.1) is 31.9 Å². The summed E-state index contributed by atoms with van der Waals surface area (Å²) >= 11 is 0. The molecule has 10 nitrogen and oxygen atoms in total. The molecule has 0 saturated heterocycles. The van der Waals surface area contributed by atoms with Crippen LogP contribution in [0.4, 0.5) is 4.79 Å². The Balaban J connectivity index is 1.46. The number of aliphatic hydroxyl groups is 2. The van der Waals surface area contributed by atoms with Crippen molar-refractivity contribution in [1.29, 1.82) is 0 Å². The van der Waals surface area contributed by atoms with Crippen LogP contribution in [-0.4, -0.2) is 72.3 Å². The Kier molecular flexibility index (Phi) is 13.9. The van der Waals surface area contributed by atoms with E-state index < -0.39 is 23.8 Å². The zero-order valence-corrected chi connectivity index (χ0v) is 35.5. The number of rotatable bonds is 18. The van der Waals surface area contributed by atoms with Crippen LogP contribution in [0.3, 0.4) is 0 Å². The van der Waals surface area contributed by atoms with E-state index in [0.717, 1.165) is 70.2 Å². The van der Waals surface area contributed by atoms with Crippen LogP contribution < -0.4 is 9.47 Å². The standard InChI is InChI=1S/C50H60N2O8/c1-6-27-57-50-46(52(49(55)56-5)32-37-18-14-17-35-15-8-9-19-40(35)37)31-44(51-58-7-2)42-29-36(16-10-12-25-53)41(20-11-13-26-54)47(48(42)50)43-30-39(23-24-45(43)60-50)59-38-22-21-33(3)34(4)28-38/h6,8-9,14-15,17-19,21-24,28-30,36,41,46-48,53-54H,1,7,10-13,16,20,25-27,31-32H2,2-5H3/t36-,41+,46-,47+,48+,50+/m0/s1. The fourth-order valence-electron chi connectivity index (χ4n) is 9.80. The zero-order valence-electron chi connectivity index (χ0n) is 35.5. The first-order valence-electron chi connectivity index (χ1n) is 21.5. The minimum absolute atomic E-state index is 0.0759. The van der Waals surface area contributed by atoms with Gasteiger partial charge in [-0.2, -0.15) is 0 Å². The second kappa shape index (κ2) is 19.5. The maximum atomic E-state index is 14.4. The van der Waals surface area contributed by atoms with E-state index in [-0.39, 0.29) is 50.5 Å². The first-order valence-corrected chi connectivity index (χ1v) is 21.5. The molecule has 0 spiro atoms. The molecule has 3 aliphatic rings. The van der Waals surface area contributed by atoms with Crippen LogP contribution in [0.15, 0.2) is 108 Å². The minimum Gasteiger partial charge on any atom is -0.459 e. The molecule has 4 aromatic rings. The van der Waals surface area contributed by atoms with Crippen molar-refractivity contribution < 1.29 is 38.8 Å². The topological polar surface area (TPSA) is 119 Å². The lowest BCUT2D eigenvalue weighted by atomic mass is 9.55. The number of aryl methyl sites for hydroxylation is 2. The molecule has 1 saturated carbocycles. The maximum Gasteiger partial charge on any atom is 0.410 e. The normalized spacial score (nSPS) is 23.5. The van der Waals surface area contributed by atoms with Gasteiger partial charge >= 0.3 is 6.09 Å². The molecule has 6 atom stereocenters. The van der Waals surface area contributed by atoms with Gasteiger partial charge in [0.25, 0.3) is 0 Å². The fourth-order valence-corrected chi connectivity index (χ4v) is 9.80. The van der Waals surface area contributed by atoms with E-state index in [1.807, 2.05) is 49.4 Å². The van der Waals surface area contributed by atoms with Gasteiger partial charge < -0.3 is 34.0 Å². The molecule has 0 radical (unpaired) electrons. The van der Waals surface area contributed by atoms with Crippen molar-refractivity contribution in [3.05, 3.63) is 125 Å². The van der Waals surface area contributed by atoms with Gasteiger partial charge in [0.15, 0.2) is 0 Å². The monoisotopic (exact) mass is 816 g/mol. The number of ether oxygens (including phenoxy) is 4. The third kappa shape index (κ3) is 8.69. The summed E-state index contributed by atoms with van der Waals surface area (Å²) in [6.45, 7) is 11.1. The minimum atomic E-state index is -1.41. The number of carbonyl (C=O) groups is 1. The van der Waals surface area contributed by atoms with Crippen LogP contribution in [0.2, 0.25) is 0 Å². The van der Waals surface area contributed by atoms with Gasteiger partial charge in [-0.1, -0.05) is 78.7 Å². The summed E-state index contributed by atoms with van der Waals surface area (Å²) in [6, 6.07) is 25.7. The molecule has 2 aliphatic carbocycles. The predicted molar refractivity (Wildman–Crippen MR) is 234 cm³/mol. The smallest absolute Gasteiger partial charge is 0.410 e. The SMILES string of the molecule is C=CCO[C@@]12Oc3ccc(Oc4ccc(C)c(C)c4)cc3[C@H]3[C@H](CCCCO)[C@@H](CCCCO)C=C(C(=NOCC)C[C@@H]1N(Cc1cccc4ccccc14)C(=O)OC)[C@H]32. The molecule has 10 heteroatoms. The number of hydrogen-bond acceptors (Lipinski definition) is 9. The number of allylic oxidation sites excluding steroid dienone is 1. The van der Waals surface area contributed by atoms with Crippen molar-refractivity contribution in [2.75, 3.05) is 33.5 Å². The van der Waals surface area contributed by atoms with Gasteiger partial charge in [0, 0.05) is 31.1 Å². The van der Waals surface area contributed by atoms with Crippen molar-refractivity contribution in [3.63, 3.8) is 0 Å². The third-order valence-corrected chi connectivity index (χ3v) is 12.7. The first-order chi connectivity index (χ1) is 29.3. The molecule has 0 unspecified atom stereocenters. The quantitative estimate of drug-likeness (QED) is 0.0579. The summed E-state index contributed by atoms with van der Waals surface area (Å²) in [7, 11) is 1.41. The number of nitrogens with zero attached hydrogens (tertiary/aromatic N) is 2. The molecular formula is C50H60N2O8. The van der Waals surface area contributed by atoms with Gasteiger partial charge in [-0.05, 0) is 122 Å². The van der Waals surface area contributed by atoms with Gasteiger partial charge in [-0.15, -0.1) is 6.58 Å². The molecule has 60 heavy (non-hydrogen) atoms. The van der Waals surface area contributed by atoms with Crippen LogP contribution in [0.5, 0.6) is 17.2 Å². The first kappa shape index (κ1) is 42.9. The summed E-state index contributed by atoms with van der Waals surface area (Å²) in [5, 5.41) is 26.8. The molecule has 0 aromatic heterocycles. The van der Waals surface area contributed by atoms with Crippen molar-refractivity contribution in [1.82, 2.24) is 4.90 Å². The maximum absolute atomic E-state index is 14.4. The summed E-state index contributed by atoms with van der Waals surface area (Å²) in [5.41, 5.74) is 5.98. The number of benzene rings is 4. The highest BCUT2D eigenvalue weighted by molar-refractivity contribution is 6.03. The summed E-state index contributed by atoms with van der Waals surface area (Å²) < 4.78 is 26.7. The van der Waals surface area contributed by atoms with Crippen molar-refractivity contribution in [2.24, 2.45) is 22.9 Å². The molecule has 7 rings (SSSR count). The highest BCUT2D eigenvalue weighted by Crippen LogP contribution is 2.62. The van der Waals surface area contributed by atoms with Crippen LogP contribution in [0.1, 0.15) is 80.0 Å². The van der Waals surface area contributed by atoms with Gasteiger partial charge in [-0.3, -0.25) is 4.90 Å². The van der Waals surface area contributed by atoms with E-state index in [2.05, 4.69) is 62.9 Å². The van der Waals surface area contributed by atoms with E-state index in [4.69, 9.17) is 28.9 Å². The lowest BCUT2D eigenvalue weighted by Gasteiger charge is -2.59. The zero-order chi connectivity index (χ0) is 42.2. The Morgan fingerprint density at radius 3 is 2.45 bits per heavy atom. The average molecular weight is 817 g/mol. The number of fused-ring (bicyclic) bond motifs is 3. The molecular weight excluding hydrogens is 757 g/mol. The number of hydrogen-bond donors (Lipinski definition) is 2. The summed E-state index contributed by atoms with van der Waals surface area (Å²) in [5.74, 6) is 0.213. The number of aliphatic hydroxyl groups excluding tert-OH is 2. The van der Waals surface area contributed by atoms with E-state index in [0.29, 0.717) is 30.9 Å². The van der Waals surface area contributed by atoms with Gasteiger partial charge in [0.2, 0.25) is 5.79 Å². The number of amides is 1. The molecule has 0 bridgehead atoms. The average Bonchev–Trinajstić information content (AvgIpc) is 3.26. The Bertz CT molecular complexity index is 2190. The van der Waals surface area contributed by atoms with E-state index in [1.165, 1.54) is 12.7 Å². The third-order valence-electron chi connectivity index (χ3n) is 12.7. The van der Waals surface area contributed by atoms with Crippen LogP contribution in [-0.2, 0) is 20.9 Å². The van der Waals surface area contributed by atoms with Crippen LogP contribution >= 0.6 is 0 Å². The number of oxime groups is 1. The van der Waals surface area contributed by atoms with Gasteiger partial charge in [0.1, 0.15) is 29.9 Å². The molecule has 1 heterocycles.